The van der Waals surface area contributed by atoms with Crippen molar-refractivity contribution in [3.63, 3.8) is 0 Å². The summed E-state index contributed by atoms with van der Waals surface area (Å²) in [5, 5.41) is 11.9. The van der Waals surface area contributed by atoms with Gasteiger partial charge in [0.25, 0.3) is 0 Å². The van der Waals surface area contributed by atoms with Gasteiger partial charge >= 0.3 is 0 Å². The van der Waals surface area contributed by atoms with Crippen LogP contribution in [0.2, 0.25) is 0 Å². The van der Waals surface area contributed by atoms with Gasteiger partial charge in [0, 0.05) is 12.6 Å². The number of nitrogens with one attached hydrogen (secondary N) is 1. The molecule has 1 atom stereocenters. The molecule has 0 aliphatic heterocycles. The maximum absolute atomic E-state index is 8.70. The van der Waals surface area contributed by atoms with Crippen molar-refractivity contribution < 1.29 is 0 Å². The Morgan fingerprint density at radius 1 is 1.53 bits per heavy atom. The van der Waals surface area contributed by atoms with Gasteiger partial charge in [-0.25, -0.2) is 4.98 Å². The molecule has 0 aromatic carbocycles. The number of nitrogens with zero attached hydrogens (tertiary/aromatic N) is 2. The average molecular weight is 204 g/mol. The van der Waals surface area contributed by atoms with E-state index < -0.39 is 0 Å². The fraction of sp³-hybridized carbons (Fsp3) is 0.455. The van der Waals surface area contributed by atoms with Crippen molar-refractivity contribution in [1.82, 2.24) is 4.98 Å². The van der Waals surface area contributed by atoms with E-state index in [1.165, 1.54) is 0 Å². The van der Waals surface area contributed by atoms with Crippen molar-refractivity contribution in [2.24, 2.45) is 11.7 Å². The third kappa shape index (κ3) is 3.22. The highest BCUT2D eigenvalue weighted by Crippen LogP contribution is 2.10. The van der Waals surface area contributed by atoms with Gasteiger partial charge in [-0.1, -0.05) is 19.9 Å². The van der Waals surface area contributed by atoms with E-state index in [2.05, 4.69) is 24.1 Å². The van der Waals surface area contributed by atoms with Crippen LogP contribution in [-0.4, -0.2) is 17.6 Å². The molecule has 80 valence electrons. The van der Waals surface area contributed by atoms with Crippen LogP contribution in [0.15, 0.2) is 18.2 Å². The van der Waals surface area contributed by atoms with Crippen LogP contribution >= 0.6 is 0 Å². The number of aromatic nitrogens is 1. The normalized spacial score (nSPS) is 12.2. The van der Waals surface area contributed by atoms with Gasteiger partial charge in [-0.15, -0.1) is 0 Å². The van der Waals surface area contributed by atoms with Crippen molar-refractivity contribution >= 4 is 5.82 Å². The second kappa shape index (κ2) is 5.32. The third-order valence-electron chi connectivity index (χ3n) is 2.26. The highest BCUT2D eigenvalue weighted by atomic mass is 15.0. The minimum Gasteiger partial charge on any atom is -0.366 e. The lowest BCUT2D eigenvalue weighted by molar-refractivity contribution is 0.530. The first-order valence-corrected chi connectivity index (χ1v) is 5.01. The van der Waals surface area contributed by atoms with Crippen LogP contribution in [0.25, 0.3) is 0 Å². The molecule has 4 nitrogen and oxygen atoms in total. The van der Waals surface area contributed by atoms with E-state index in [0.717, 1.165) is 0 Å². The maximum atomic E-state index is 8.70. The first-order valence-electron chi connectivity index (χ1n) is 5.01. The molecule has 0 aliphatic rings. The monoisotopic (exact) mass is 204 g/mol. The zero-order valence-electron chi connectivity index (χ0n) is 9.07. The molecule has 0 saturated heterocycles. The first kappa shape index (κ1) is 11.5. The predicted octanol–water partition coefficient (Wildman–Crippen LogP) is 1.35. The Balaban J connectivity index is 2.75. The van der Waals surface area contributed by atoms with Crippen molar-refractivity contribution in [2.45, 2.75) is 19.9 Å². The molecule has 1 heterocycles. The van der Waals surface area contributed by atoms with Crippen LogP contribution in [0, 0.1) is 17.2 Å². The number of anilines is 1. The van der Waals surface area contributed by atoms with Crippen molar-refractivity contribution in [2.75, 3.05) is 11.9 Å². The Kier molecular flexibility index (Phi) is 4.07. The number of rotatable bonds is 4. The van der Waals surface area contributed by atoms with E-state index >= 15 is 0 Å². The number of pyridine rings is 1. The summed E-state index contributed by atoms with van der Waals surface area (Å²) < 4.78 is 0. The van der Waals surface area contributed by atoms with Crippen molar-refractivity contribution in [3.8, 4) is 6.07 Å². The summed E-state index contributed by atoms with van der Waals surface area (Å²) in [4.78, 5) is 4.13. The molecule has 4 heteroatoms. The molecule has 0 saturated carbocycles. The summed E-state index contributed by atoms with van der Waals surface area (Å²) in [6.45, 7) is 4.74. The zero-order valence-corrected chi connectivity index (χ0v) is 9.07. The lowest BCUT2D eigenvalue weighted by Crippen LogP contribution is -2.34. The molecule has 0 spiro atoms. The van der Waals surface area contributed by atoms with Crippen LogP contribution in [-0.2, 0) is 0 Å². The number of nitriles is 1. The molecule has 0 amide bonds. The highest BCUT2D eigenvalue weighted by molar-refractivity contribution is 5.39. The van der Waals surface area contributed by atoms with Gasteiger partial charge in [0.1, 0.15) is 17.6 Å². The van der Waals surface area contributed by atoms with Gasteiger partial charge in [0.05, 0.1) is 0 Å². The fourth-order valence-corrected chi connectivity index (χ4v) is 1.27. The molecule has 3 N–H and O–H groups in total. The third-order valence-corrected chi connectivity index (χ3v) is 2.26. The lowest BCUT2D eigenvalue weighted by Gasteiger charge is -2.20. The Morgan fingerprint density at radius 2 is 2.27 bits per heavy atom. The average Bonchev–Trinajstić information content (AvgIpc) is 2.25. The van der Waals surface area contributed by atoms with Crippen LogP contribution in [0.5, 0.6) is 0 Å². The minimum absolute atomic E-state index is 0.187. The molecular formula is C11H16N4. The quantitative estimate of drug-likeness (QED) is 0.776. The van der Waals surface area contributed by atoms with E-state index in [4.69, 9.17) is 11.0 Å². The molecule has 15 heavy (non-hydrogen) atoms. The molecule has 0 fully saturated rings. The summed E-state index contributed by atoms with van der Waals surface area (Å²) in [6.07, 6.45) is 0. The number of hydrogen-bond donors (Lipinski definition) is 2. The summed E-state index contributed by atoms with van der Waals surface area (Å²) in [6, 6.07) is 7.52. The summed E-state index contributed by atoms with van der Waals surface area (Å²) in [5.74, 6) is 1.14. The van der Waals surface area contributed by atoms with Crippen LogP contribution < -0.4 is 11.1 Å². The number of hydrogen-bond acceptors (Lipinski definition) is 4. The Morgan fingerprint density at radius 3 is 2.80 bits per heavy atom. The molecule has 0 bridgehead atoms. The lowest BCUT2D eigenvalue weighted by atomic mass is 10.1. The van der Waals surface area contributed by atoms with Crippen molar-refractivity contribution in [1.29, 1.82) is 5.26 Å². The largest absolute Gasteiger partial charge is 0.366 e. The second-order valence-electron chi connectivity index (χ2n) is 3.75. The zero-order chi connectivity index (χ0) is 11.3. The summed E-state index contributed by atoms with van der Waals surface area (Å²) in [5.41, 5.74) is 6.05. The Labute approximate surface area is 90.1 Å². The van der Waals surface area contributed by atoms with Gasteiger partial charge in [0.2, 0.25) is 0 Å². The molecule has 0 radical (unpaired) electrons. The maximum Gasteiger partial charge on any atom is 0.142 e. The van der Waals surface area contributed by atoms with Gasteiger partial charge in [-0.3, -0.25) is 0 Å². The second-order valence-corrected chi connectivity index (χ2v) is 3.75. The van der Waals surface area contributed by atoms with E-state index in [-0.39, 0.29) is 6.04 Å². The molecule has 1 unspecified atom stereocenters. The molecular weight excluding hydrogens is 188 g/mol. The predicted molar refractivity (Wildman–Crippen MR) is 60.3 cm³/mol. The number of nitrogens with two attached hydrogens (primary N) is 1. The summed E-state index contributed by atoms with van der Waals surface area (Å²) in [7, 11) is 0. The van der Waals surface area contributed by atoms with E-state index in [1.54, 1.807) is 6.07 Å². The standard InChI is InChI=1S/C11H16N4/c1-8(2)10(7-13)15-11-5-3-4-9(6-12)14-11/h3-5,8,10H,7,13H2,1-2H3,(H,14,15). The molecule has 0 aliphatic carbocycles. The highest BCUT2D eigenvalue weighted by Gasteiger charge is 2.11. The van der Waals surface area contributed by atoms with Crippen LogP contribution in [0.3, 0.4) is 0 Å². The molecule has 1 rings (SSSR count). The van der Waals surface area contributed by atoms with Gasteiger partial charge in [0.15, 0.2) is 0 Å². The SMILES string of the molecule is CC(C)C(CN)Nc1cccc(C#N)n1. The van der Waals surface area contributed by atoms with E-state index in [0.29, 0.717) is 24.0 Å². The topological polar surface area (TPSA) is 74.7 Å². The van der Waals surface area contributed by atoms with Gasteiger partial charge < -0.3 is 11.1 Å². The first-order chi connectivity index (χ1) is 7.17. The fourth-order valence-electron chi connectivity index (χ4n) is 1.27. The minimum atomic E-state index is 0.187. The Hall–Kier alpha value is -1.60. The molecule has 1 aromatic rings. The van der Waals surface area contributed by atoms with Crippen LogP contribution in [0.1, 0.15) is 19.5 Å². The molecule has 1 aromatic heterocycles. The van der Waals surface area contributed by atoms with Crippen molar-refractivity contribution in [3.05, 3.63) is 23.9 Å². The van der Waals surface area contributed by atoms with E-state index in [1.807, 2.05) is 18.2 Å². The van der Waals surface area contributed by atoms with Crippen LogP contribution in [0.4, 0.5) is 5.82 Å². The van der Waals surface area contributed by atoms with E-state index in [9.17, 15) is 0 Å². The van der Waals surface area contributed by atoms with Gasteiger partial charge in [-0.05, 0) is 18.1 Å². The van der Waals surface area contributed by atoms with Gasteiger partial charge in [-0.2, -0.15) is 5.26 Å². The smallest absolute Gasteiger partial charge is 0.142 e. The Bertz CT molecular complexity index is 354. The summed E-state index contributed by atoms with van der Waals surface area (Å²) >= 11 is 0.